The number of piperidine rings is 1. The second kappa shape index (κ2) is 7.72. The van der Waals surface area contributed by atoms with Gasteiger partial charge >= 0.3 is 0 Å². The molecular formula is C17H22N2O2S. The van der Waals surface area contributed by atoms with Crippen LogP contribution >= 0.6 is 11.3 Å². The van der Waals surface area contributed by atoms with Crippen molar-refractivity contribution in [1.29, 1.82) is 0 Å². The Morgan fingerprint density at radius 3 is 3.18 bits per heavy atom. The number of rotatable bonds is 6. The number of thiazole rings is 1. The molecule has 1 aliphatic rings. The van der Waals surface area contributed by atoms with E-state index in [1.54, 1.807) is 11.3 Å². The van der Waals surface area contributed by atoms with Crippen LogP contribution in [-0.4, -0.2) is 41.3 Å². The van der Waals surface area contributed by atoms with Crippen LogP contribution in [0.25, 0.3) is 0 Å². The molecule has 1 N–H and O–H groups in total. The normalized spacial score (nSPS) is 19.2. The Labute approximate surface area is 135 Å². The first-order valence-corrected chi connectivity index (χ1v) is 8.67. The summed E-state index contributed by atoms with van der Waals surface area (Å²) >= 11 is 1.77. The van der Waals surface area contributed by atoms with Crippen molar-refractivity contribution in [3.8, 4) is 5.75 Å². The van der Waals surface area contributed by atoms with Crippen molar-refractivity contribution in [2.75, 3.05) is 26.3 Å². The molecule has 0 bridgehead atoms. The molecule has 0 aliphatic carbocycles. The van der Waals surface area contributed by atoms with Gasteiger partial charge in [-0.2, -0.15) is 0 Å². The number of ether oxygens (including phenoxy) is 1. The summed E-state index contributed by atoms with van der Waals surface area (Å²) in [5.74, 6) is 1.41. The summed E-state index contributed by atoms with van der Waals surface area (Å²) in [5, 5.41) is 12.2. The first-order valence-electron chi connectivity index (χ1n) is 7.79. The monoisotopic (exact) mass is 318 g/mol. The van der Waals surface area contributed by atoms with Gasteiger partial charge in [-0.05, 0) is 37.1 Å². The van der Waals surface area contributed by atoms with E-state index in [1.165, 1.54) is 23.4 Å². The van der Waals surface area contributed by atoms with Crippen LogP contribution in [-0.2, 0) is 6.54 Å². The minimum Gasteiger partial charge on any atom is -0.491 e. The molecule has 0 radical (unpaired) electrons. The fraction of sp³-hybridized carbons (Fsp3) is 0.471. The van der Waals surface area contributed by atoms with Crippen LogP contribution in [0.5, 0.6) is 5.75 Å². The predicted molar refractivity (Wildman–Crippen MR) is 88.4 cm³/mol. The number of benzene rings is 1. The molecule has 2 aromatic rings. The molecular weight excluding hydrogens is 296 g/mol. The van der Waals surface area contributed by atoms with Gasteiger partial charge in [-0.1, -0.05) is 12.1 Å². The van der Waals surface area contributed by atoms with E-state index in [-0.39, 0.29) is 6.61 Å². The third-order valence-corrected chi connectivity index (χ3v) is 4.91. The average molecular weight is 318 g/mol. The first kappa shape index (κ1) is 15.5. The SMILES string of the molecule is OCCOc1cccc(CN2CCC[C@H](c3nccs3)C2)c1. The maximum absolute atomic E-state index is 8.84. The minimum absolute atomic E-state index is 0.0475. The number of aliphatic hydroxyl groups is 1. The lowest BCUT2D eigenvalue weighted by atomic mass is 9.98. The largest absolute Gasteiger partial charge is 0.491 e. The van der Waals surface area contributed by atoms with E-state index in [2.05, 4.69) is 27.4 Å². The quantitative estimate of drug-likeness (QED) is 0.889. The molecule has 1 saturated heterocycles. The van der Waals surface area contributed by atoms with Crippen LogP contribution in [0.3, 0.4) is 0 Å². The number of nitrogens with zero attached hydrogens (tertiary/aromatic N) is 2. The molecule has 2 heterocycles. The van der Waals surface area contributed by atoms with Gasteiger partial charge < -0.3 is 9.84 Å². The van der Waals surface area contributed by atoms with Crippen LogP contribution < -0.4 is 4.74 Å². The van der Waals surface area contributed by atoms with E-state index in [9.17, 15) is 0 Å². The highest BCUT2D eigenvalue weighted by Crippen LogP contribution is 2.29. The maximum Gasteiger partial charge on any atom is 0.119 e. The second-order valence-corrected chi connectivity index (χ2v) is 6.59. The lowest BCUT2D eigenvalue weighted by Gasteiger charge is -2.31. The van der Waals surface area contributed by atoms with Gasteiger partial charge in [0.05, 0.1) is 11.6 Å². The van der Waals surface area contributed by atoms with Gasteiger partial charge in [-0.3, -0.25) is 4.90 Å². The maximum atomic E-state index is 8.84. The van der Waals surface area contributed by atoms with Crippen molar-refractivity contribution in [2.24, 2.45) is 0 Å². The first-order chi connectivity index (χ1) is 10.8. The van der Waals surface area contributed by atoms with Crippen molar-refractivity contribution in [1.82, 2.24) is 9.88 Å². The van der Waals surface area contributed by atoms with Crippen LogP contribution in [0.2, 0.25) is 0 Å². The van der Waals surface area contributed by atoms with Crippen molar-refractivity contribution in [3.63, 3.8) is 0 Å². The molecule has 1 aliphatic heterocycles. The third-order valence-electron chi connectivity index (χ3n) is 3.97. The number of hydrogen-bond acceptors (Lipinski definition) is 5. The standard InChI is InChI=1S/C17H22N2O2S/c20-8-9-21-16-5-1-3-14(11-16)12-19-7-2-4-15(13-19)17-18-6-10-22-17/h1,3,5-6,10-11,15,20H,2,4,7-9,12-13H2/t15-/m0/s1. The summed E-state index contributed by atoms with van der Waals surface area (Å²) in [6.45, 7) is 3.56. The number of aromatic nitrogens is 1. The van der Waals surface area contributed by atoms with Crippen molar-refractivity contribution < 1.29 is 9.84 Å². The topological polar surface area (TPSA) is 45.6 Å². The Morgan fingerprint density at radius 1 is 1.41 bits per heavy atom. The highest BCUT2D eigenvalue weighted by molar-refractivity contribution is 7.09. The van der Waals surface area contributed by atoms with Crippen LogP contribution in [0.1, 0.15) is 29.3 Å². The highest BCUT2D eigenvalue weighted by atomic mass is 32.1. The predicted octanol–water partition coefficient (Wildman–Crippen LogP) is 2.89. The molecule has 3 rings (SSSR count). The van der Waals surface area contributed by atoms with Crippen molar-refractivity contribution >= 4 is 11.3 Å². The Bertz CT molecular complexity index is 574. The fourth-order valence-electron chi connectivity index (χ4n) is 2.99. The molecule has 0 amide bonds. The fourth-order valence-corrected chi connectivity index (χ4v) is 3.76. The number of likely N-dealkylation sites (tertiary alicyclic amines) is 1. The smallest absolute Gasteiger partial charge is 0.119 e. The van der Waals surface area contributed by atoms with Gasteiger partial charge in [0.1, 0.15) is 12.4 Å². The molecule has 1 fully saturated rings. The Morgan fingerprint density at radius 2 is 2.36 bits per heavy atom. The third kappa shape index (κ3) is 4.06. The molecule has 0 unspecified atom stereocenters. The zero-order valence-corrected chi connectivity index (χ0v) is 13.5. The summed E-state index contributed by atoms with van der Waals surface area (Å²) in [7, 11) is 0. The van der Waals surface area contributed by atoms with Gasteiger partial charge in [-0.15, -0.1) is 11.3 Å². The Kier molecular flexibility index (Phi) is 5.43. The van der Waals surface area contributed by atoms with Crippen molar-refractivity contribution in [3.05, 3.63) is 46.4 Å². The lowest BCUT2D eigenvalue weighted by Crippen LogP contribution is -2.33. The van der Waals surface area contributed by atoms with E-state index >= 15 is 0 Å². The Hall–Kier alpha value is -1.43. The van der Waals surface area contributed by atoms with Gasteiger partial charge in [0, 0.05) is 30.6 Å². The zero-order chi connectivity index (χ0) is 15.2. The van der Waals surface area contributed by atoms with Gasteiger partial charge in [0.15, 0.2) is 0 Å². The van der Waals surface area contributed by atoms with E-state index in [0.29, 0.717) is 12.5 Å². The number of hydrogen-bond donors (Lipinski definition) is 1. The summed E-state index contributed by atoms with van der Waals surface area (Å²) in [6.07, 6.45) is 4.37. The van der Waals surface area contributed by atoms with Gasteiger partial charge in [0.25, 0.3) is 0 Å². The minimum atomic E-state index is 0.0475. The molecule has 0 spiro atoms. The average Bonchev–Trinajstić information content (AvgIpc) is 3.08. The van der Waals surface area contributed by atoms with Gasteiger partial charge in [-0.25, -0.2) is 4.98 Å². The van der Waals surface area contributed by atoms with Crippen LogP contribution in [0, 0.1) is 0 Å². The van der Waals surface area contributed by atoms with E-state index in [4.69, 9.17) is 9.84 Å². The second-order valence-electron chi connectivity index (χ2n) is 5.66. The van der Waals surface area contributed by atoms with Gasteiger partial charge in [0.2, 0.25) is 0 Å². The molecule has 22 heavy (non-hydrogen) atoms. The summed E-state index contributed by atoms with van der Waals surface area (Å²) in [6, 6.07) is 8.17. The molecule has 1 aromatic carbocycles. The molecule has 5 heteroatoms. The molecule has 1 aromatic heterocycles. The summed E-state index contributed by atoms with van der Waals surface area (Å²) < 4.78 is 5.49. The highest BCUT2D eigenvalue weighted by Gasteiger charge is 2.23. The zero-order valence-electron chi connectivity index (χ0n) is 12.6. The molecule has 0 saturated carbocycles. The number of aliphatic hydroxyl groups excluding tert-OH is 1. The summed E-state index contributed by atoms with van der Waals surface area (Å²) in [4.78, 5) is 6.98. The Balaban J connectivity index is 1.60. The molecule has 1 atom stereocenters. The van der Waals surface area contributed by atoms with E-state index in [1.807, 2.05) is 18.3 Å². The van der Waals surface area contributed by atoms with Crippen molar-refractivity contribution in [2.45, 2.75) is 25.3 Å². The van der Waals surface area contributed by atoms with E-state index in [0.717, 1.165) is 25.4 Å². The lowest BCUT2D eigenvalue weighted by molar-refractivity contribution is 0.196. The van der Waals surface area contributed by atoms with E-state index < -0.39 is 0 Å². The molecule has 4 nitrogen and oxygen atoms in total. The summed E-state index contributed by atoms with van der Waals surface area (Å²) in [5.41, 5.74) is 1.26. The van der Waals surface area contributed by atoms with Crippen LogP contribution in [0.4, 0.5) is 0 Å². The molecule has 118 valence electrons. The van der Waals surface area contributed by atoms with Crippen LogP contribution in [0.15, 0.2) is 35.8 Å².